The maximum absolute atomic E-state index is 13.3. The van der Waals surface area contributed by atoms with Gasteiger partial charge in [-0.3, -0.25) is 14.5 Å². The van der Waals surface area contributed by atoms with Crippen molar-refractivity contribution in [3.05, 3.63) is 65.2 Å². The molecule has 34 heavy (non-hydrogen) atoms. The Bertz CT molecular complexity index is 1020. The predicted octanol–water partition coefficient (Wildman–Crippen LogP) is 4.81. The van der Waals surface area contributed by atoms with Gasteiger partial charge in [-0.1, -0.05) is 69.7 Å². The van der Waals surface area contributed by atoms with E-state index in [9.17, 15) is 14.4 Å². The second kappa shape index (κ2) is 11.2. The van der Waals surface area contributed by atoms with Crippen LogP contribution in [0.2, 0.25) is 0 Å². The highest BCUT2D eigenvalue weighted by Gasteiger charge is 2.47. The first-order chi connectivity index (χ1) is 16.1. The molecule has 182 valence electrons. The number of ether oxygens (including phenoxy) is 1. The smallest absolute Gasteiger partial charge is 0.411 e. The summed E-state index contributed by atoms with van der Waals surface area (Å²) < 4.78 is 5.73. The summed E-state index contributed by atoms with van der Waals surface area (Å²) in [5.41, 5.74) is 3.30. The molecule has 2 N–H and O–H groups in total. The maximum atomic E-state index is 13.3. The number of nitrogens with one attached hydrogen (secondary N) is 2. The van der Waals surface area contributed by atoms with Gasteiger partial charge in [-0.25, -0.2) is 4.79 Å². The zero-order valence-corrected chi connectivity index (χ0v) is 20.6. The van der Waals surface area contributed by atoms with Crippen LogP contribution in [-0.4, -0.2) is 35.4 Å². The quantitative estimate of drug-likeness (QED) is 0.556. The number of hydrogen-bond donors (Lipinski definition) is 2. The average molecular weight is 466 g/mol. The Hall–Kier alpha value is -3.35. The minimum absolute atomic E-state index is 0.0807. The van der Waals surface area contributed by atoms with Crippen LogP contribution in [0.4, 0.5) is 10.5 Å². The van der Waals surface area contributed by atoms with Crippen molar-refractivity contribution in [1.29, 1.82) is 0 Å². The molecule has 2 atom stereocenters. The van der Waals surface area contributed by atoms with Crippen molar-refractivity contribution in [3.63, 3.8) is 0 Å². The van der Waals surface area contributed by atoms with Crippen molar-refractivity contribution in [3.8, 4) is 0 Å². The molecule has 3 amide bonds. The van der Waals surface area contributed by atoms with Crippen LogP contribution in [0.15, 0.2) is 48.5 Å². The van der Waals surface area contributed by atoms with Crippen molar-refractivity contribution in [2.45, 2.75) is 59.7 Å². The molecular formula is C27H35N3O4. The predicted molar refractivity (Wildman–Crippen MR) is 132 cm³/mol. The topological polar surface area (TPSA) is 87.7 Å². The third-order valence-corrected chi connectivity index (χ3v) is 5.60. The summed E-state index contributed by atoms with van der Waals surface area (Å²) in [6.07, 6.45) is -0.913. The van der Waals surface area contributed by atoms with Crippen LogP contribution < -0.4 is 10.6 Å². The van der Waals surface area contributed by atoms with E-state index in [4.69, 9.17) is 4.74 Å². The molecule has 7 nitrogen and oxygen atoms in total. The third-order valence-electron chi connectivity index (χ3n) is 5.60. The van der Waals surface area contributed by atoms with E-state index in [0.29, 0.717) is 24.2 Å². The molecule has 0 bridgehead atoms. The summed E-state index contributed by atoms with van der Waals surface area (Å²) in [5, 5.41) is 5.85. The molecular weight excluding hydrogens is 430 g/mol. The number of carbonyl (C=O) groups is 3. The van der Waals surface area contributed by atoms with Crippen molar-refractivity contribution in [2.24, 2.45) is 11.8 Å². The van der Waals surface area contributed by atoms with Crippen LogP contribution in [0.25, 0.3) is 0 Å². The summed E-state index contributed by atoms with van der Waals surface area (Å²) in [5.74, 6) is 0.169. The van der Waals surface area contributed by atoms with Crippen molar-refractivity contribution in [1.82, 2.24) is 10.2 Å². The Morgan fingerprint density at radius 2 is 1.74 bits per heavy atom. The van der Waals surface area contributed by atoms with Crippen molar-refractivity contribution >= 4 is 23.6 Å². The molecule has 1 aliphatic rings. The zero-order chi connectivity index (χ0) is 24.8. The molecule has 1 heterocycles. The summed E-state index contributed by atoms with van der Waals surface area (Å²) in [4.78, 5) is 39.9. The molecule has 0 aromatic heterocycles. The largest absolute Gasteiger partial charge is 0.438 e. The highest BCUT2D eigenvalue weighted by molar-refractivity contribution is 5.91. The summed E-state index contributed by atoms with van der Waals surface area (Å²) in [6.45, 7) is 10.8. The van der Waals surface area contributed by atoms with E-state index < -0.39 is 18.2 Å². The molecule has 0 aliphatic carbocycles. The summed E-state index contributed by atoms with van der Waals surface area (Å²) >= 11 is 0. The summed E-state index contributed by atoms with van der Waals surface area (Å²) in [7, 11) is 0. The average Bonchev–Trinajstić information content (AvgIpc) is 3.09. The highest BCUT2D eigenvalue weighted by atomic mass is 16.6. The molecule has 0 saturated carbocycles. The van der Waals surface area contributed by atoms with Gasteiger partial charge in [0.05, 0.1) is 6.54 Å². The minimum Gasteiger partial charge on any atom is -0.438 e. The van der Waals surface area contributed by atoms with E-state index >= 15 is 0 Å². The van der Waals surface area contributed by atoms with Gasteiger partial charge in [-0.15, -0.1) is 0 Å². The molecule has 1 aliphatic heterocycles. The fourth-order valence-electron chi connectivity index (χ4n) is 3.89. The molecule has 1 fully saturated rings. The van der Waals surface area contributed by atoms with Crippen LogP contribution in [0.3, 0.4) is 0 Å². The molecule has 0 spiro atoms. The number of cyclic esters (lactones) is 1. The van der Waals surface area contributed by atoms with Gasteiger partial charge in [0.15, 0.2) is 12.1 Å². The van der Waals surface area contributed by atoms with E-state index in [1.165, 1.54) is 4.90 Å². The van der Waals surface area contributed by atoms with Crippen LogP contribution >= 0.6 is 0 Å². The number of nitrogens with zero attached hydrogens (tertiary/aromatic N) is 1. The minimum atomic E-state index is -0.825. The van der Waals surface area contributed by atoms with Crippen molar-refractivity contribution in [2.75, 3.05) is 11.9 Å². The number of benzene rings is 2. The van der Waals surface area contributed by atoms with Gasteiger partial charge >= 0.3 is 6.09 Å². The molecule has 7 heteroatoms. The molecule has 2 aromatic carbocycles. The molecule has 3 rings (SSSR count). The lowest BCUT2D eigenvalue weighted by molar-refractivity contribution is -0.126. The lowest BCUT2D eigenvalue weighted by Gasteiger charge is -2.25. The fourth-order valence-corrected chi connectivity index (χ4v) is 3.89. The Kier molecular flexibility index (Phi) is 8.31. The number of aryl methyl sites for hydroxylation is 1. The second-order valence-corrected chi connectivity index (χ2v) is 9.77. The Balaban J connectivity index is 1.87. The number of anilines is 1. The standard InChI is InChI=1S/C27H35N3O4/c1-17(2)13-23(31)29-22-8-6-7-21(14-22)25-24(26(32)28-15-18(3)4)30(27(33)34-25)16-20-11-9-19(5)10-12-20/h6-12,14,17-18,24-25H,13,15-16H2,1-5H3,(H,28,32)(H,29,31)/t24-,25-/m0/s1. The molecule has 0 unspecified atom stereocenters. The lowest BCUT2D eigenvalue weighted by atomic mass is 9.99. The normalized spacial score (nSPS) is 17.7. The van der Waals surface area contributed by atoms with Crippen LogP contribution in [0.5, 0.6) is 0 Å². The Labute approximate surface area is 201 Å². The SMILES string of the molecule is Cc1ccc(CN2C(=O)O[C@@H](c3cccc(NC(=O)CC(C)C)c3)[C@H]2C(=O)NCC(C)C)cc1. The zero-order valence-electron chi connectivity index (χ0n) is 20.6. The molecule has 2 aromatic rings. The number of rotatable bonds is 9. The van der Waals surface area contributed by atoms with Crippen LogP contribution in [-0.2, 0) is 20.9 Å². The highest BCUT2D eigenvalue weighted by Crippen LogP contribution is 2.35. The van der Waals surface area contributed by atoms with Crippen LogP contribution in [0, 0.1) is 18.8 Å². The fraction of sp³-hybridized carbons (Fsp3) is 0.444. The van der Waals surface area contributed by atoms with E-state index in [0.717, 1.165) is 11.1 Å². The first-order valence-electron chi connectivity index (χ1n) is 11.8. The van der Waals surface area contributed by atoms with E-state index in [2.05, 4.69) is 10.6 Å². The first kappa shape index (κ1) is 25.3. The molecule has 0 radical (unpaired) electrons. The van der Waals surface area contributed by atoms with Gasteiger partial charge in [0.2, 0.25) is 11.8 Å². The lowest BCUT2D eigenvalue weighted by Crippen LogP contribution is -2.47. The van der Waals surface area contributed by atoms with Gasteiger partial charge in [0.1, 0.15) is 0 Å². The van der Waals surface area contributed by atoms with Crippen molar-refractivity contribution < 1.29 is 19.1 Å². The van der Waals surface area contributed by atoms with E-state index in [1.807, 2.05) is 65.0 Å². The van der Waals surface area contributed by atoms with Crippen LogP contribution in [0.1, 0.15) is 56.9 Å². The monoisotopic (exact) mass is 465 g/mol. The third kappa shape index (κ3) is 6.59. The molecule has 1 saturated heterocycles. The van der Waals surface area contributed by atoms with E-state index in [-0.39, 0.29) is 30.2 Å². The van der Waals surface area contributed by atoms with Gasteiger partial charge in [0.25, 0.3) is 0 Å². The van der Waals surface area contributed by atoms with Gasteiger partial charge in [-0.05, 0) is 42.0 Å². The first-order valence-corrected chi connectivity index (χ1v) is 11.8. The number of amides is 3. The Morgan fingerprint density at radius 1 is 1.03 bits per heavy atom. The summed E-state index contributed by atoms with van der Waals surface area (Å²) in [6, 6.07) is 14.2. The van der Waals surface area contributed by atoms with E-state index in [1.54, 1.807) is 18.2 Å². The number of carbonyl (C=O) groups excluding carboxylic acids is 3. The number of hydrogen-bond acceptors (Lipinski definition) is 4. The second-order valence-electron chi connectivity index (χ2n) is 9.77. The van der Waals surface area contributed by atoms with Gasteiger partial charge in [-0.2, -0.15) is 0 Å². The van der Waals surface area contributed by atoms with Gasteiger partial charge < -0.3 is 15.4 Å². The maximum Gasteiger partial charge on any atom is 0.411 e. The van der Waals surface area contributed by atoms with Gasteiger partial charge in [0, 0.05) is 18.7 Å². The Morgan fingerprint density at radius 3 is 2.38 bits per heavy atom.